The van der Waals surface area contributed by atoms with Crippen molar-refractivity contribution in [3.05, 3.63) is 22.5 Å². The van der Waals surface area contributed by atoms with Gasteiger partial charge < -0.3 is 23.7 Å². The lowest BCUT2D eigenvalue weighted by atomic mass is 10.0. The molecule has 0 N–H and O–H groups in total. The van der Waals surface area contributed by atoms with E-state index in [2.05, 4.69) is 0 Å². The monoisotopic (exact) mass is 394 g/mol. The van der Waals surface area contributed by atoms with E-state index in [0.29, 0.717) is 42.2 Å². The first-order valence-corrected chi connectivity index (χ1v) is 9.55. The van der Waals surface area contributed by atoms with Crippen molar-refractivity contribution < 1.29 is 28.6 Å². The van der Waals surface area contributed by atoms with E-state index in [0.717, 1.165) is 12.8 Å². The molecule has 2 heterocycles. The number of methoxy groups -OCH3 is 2. The first-order chi connectivity index (χ1) is 13.3. The summed E-state index contributed by atoms with van der Waals surface area (Å²) in [6.45, 7) is 6.82. The Morgan fingerprint density at radius 3 is 2.50 bits per heavy atom. The summed E-state index contributed by atoms with van der Waals surface area (Å²) in [4.78, 5) is 39.3. The lowest BCUT2D eigenvalue weighted by Gasteiger charge is -2.24. The number of aromatic nitrogens is 1. The number of Topliss-reactive ketones (excluding diaryl/α,β-unsaturated/α-hetero) is 1. The molecule has 0 spiro atoms. The summed E-state index contributed by atoms with van der Waals surface area (Å²) in [5, 5.41) is 0. The van der Waals surface area contributed by atoms with E-state index in [1.165, 1.54) is 19.1 Å². The quantitative estimate of drug-likeness (QED) is 0.468. The lowest BCUT2D eigenvalue weighted by Crippen LogP contribution is -2.42. The van der Waals surface area contributed by atoms with Gasteiger partial charge in [-0.2, -0.15) is 0 Å². The van der Waals surface area contributed by atoms with Gasteiger partial charge in [0.15, 0.2) is 5.78 Å². The zero-order chi connectivity index (χ0) is 20.8. The lowest BCUT2D eigenvalue weighted by molar-refractivity contribution is -0.136. The smallest absolute Gasteiger partial charge is 0.354 e. The van der Waals surface area contributed by atoms with Crippen molar-refractivity contribution in [2.45, 2.75) is 46.3 Å². The van der Waals surface area contributed by atoms with E-state index in [4.69, 9.17) is 14.2 Å². The van der Waals surface area contributed by atoms with E-state index in [-0.39, 0.29) is 30.9 Å². The highest BCUT2D eigenvalue weighted by Gasteiger charge is 2.29. The number of hydrogen-bond donors (Lipinski definition) is 0. The minimum absolute atomic E-state index is 0.0679. The van der Waals surface area contributed by atoms with Crippen LogP contribution in [-0.4, -0.2) is 73.8 Å². The molecule has 0 aliphatic carbocycles. The molecule has 2 rings (SSSR count). The summed E-state index contributed by atoms with van der Waals surface area (Å²) in [5.41, 5.74) is 2.11. The summed E-state index contributed by atoms with van der Waals surface area (Å²) in [7, 11) is 2.76. The molecule has 1 aliphatic heterocycles. The molecule has 1 aromatic heterocycles. The first kappa shape index (κ1) is 22.1. The Morgan fingerprint density at radius 1 is 1.25 bits per heavy atom. The molecule has 0 radical (unpaired) electrons. The molecule has 8 heteroatoms. The van der Waals surface area contributed by atoms with Crippen LogP contribution in [0.1, 0.15) is 51.9 Å². The van der Waals surface area contributed by atoms with Gasteiger partial charge in [0.2, 0.25) is 5.91 Å². The largest absolute Gasteiger partial charge is 0.464 e. The number of ether oxygens (including phenoxy) is 3. The van der Waals surface area contributed by atoms with Crippen molar-refractivity contribution in [1.82, 2.24) is 9.47 Å². The summed E-state index contributed by atoms with van der Waals surface area (Å²) in [6, 6.07) is 0. The fourth-order valence-electron chi connectivity index (χ4n) is 3.82. The molecule has 1 aromatic rings. The number of esters is 1. The van der Waals surface area contributed by atoms with Crippen LogP contribution in [-0.2, 0) is 25.5 Å². The van der Waals surface area contributed by atoms with E-state index in [1.807, 2.05) is 6.92 Å². The molecule has 156 valence electrons. The van der Waals surface area contributed by atoms with E-state index < -0.39 is 5.97 Å². The van der Waals surface area contributed by atoms with Crippen molar-refractivity contribution in [3.8, 4) is 0 Å². The second-order valence-electron chi connectivity index (χ2n) is 6.94. The fourth-order valence-corrected chi connectivity index (χ4v) is 3.82. The standard InChI is InChI=1S/C20H30N2O6/c1-6-22-14(3)18(13(2)19(22)20(25)27-5)16(23)11-21(17(24)12-26-4)10-15-8-7-9-28-15/h15H,6-12H2,1-5H3. The first-order valence-electron chi connectivity index (χ1n) is 9.55. The van der Waals surface area contributed by atoms with Crippen LogP contribution in [0.2, 0.25) is 0 Å². The van der Waals surface area contributed by atoms with Crippen LogP contribution in [0.15, 0.2) is 0 Å². The van der Waals surface area contributed by atoms with Gasteiger partial charge >= 0.3 is 5.97 Å². The molecule has 28 heavy (non-hydrogen) atoms. The molecular formula is C20H30N2O6. The number of carbonyl (C=O) groups excluding carboxylic acids is 3. The van der Waals surface area contributed by atoms with Crippen LogP contribution in [0, 0.1) is 13.8 Å². The summed E-state index contributed by atoms with van der Waals surface area (Å²) in [5.74, 6) is -0.951. The molecule has 1 amide bonds. The molecule has 1 atom stereocenters. The minimum atomic E-state index is -0.479. The zero-order valence-corrected chi connectivity index (χ0v) is 17.4. The molecule has 0 bridgehead atoms. The summed E-state index contributed by atoms with van der Waals surface area (Å²) < 4.78 is 17.2. The second-order valence-corrected chi connectivity index (χ2v) is 6.94. The van der Waals surface area contributed by atoms with Gasteiger partial charge in [-0.1, -0.05) is 0 Å². The number of rotatable bonds is 9. The predicted molar refractivity (Wildman–Crippen MR) is 103 cm³/mol. The van der Waals surface area contributed by atoms with Crippen LogP contribution in [0.3, 0.4) is 0 Å². The normalized spacial score (nSPS) is 16.2. The Labute approximate surface area is 165 Å². The van der Waals surface area contributed by atoms with Gasteiger partial charge in [-0.15, -0.1) is 0 Å². The van der Waals surface area contributed by atoms with E-state index >= 15 is 0 Å². The third kappa shape index (κ3) is 4.62. The number of ketones is 1. The summed E-state index contributed by atoms with van der Waals surface area (Å²) >= 11 is 0. The van der Waals surface area contributed by atoms with Gasteiger partial charge in [0, 0.05) is 38.1 Å². The highest BCUT2D eigenvalue weighted by molar-refractivity contribution is 6.04. The maximum atomic E-state index is 13.1. The molecule has 0 aromatic carbocycles. The molecule has 1 aliphatic rings. The van der Waals surface area contributed by atoms with Gasteiger partial charge in [0.05, 0.1) is 19.8 Å². The average Bonchev–Trinajstić information content (AvgIpc) is 3.26. The van der Waals surface area contributed by atoms with Gasteiger partial charge in [-0.05, 0) is 39.2 Å². The number of carbonyl (C=O) groups is 3. The Balaban J connectivity index is 2.30. The van der Waals surface area contributed by atoms with Crippen LogP contribution in [0.4, 0.5) is 0 Å². The third-order valence-corrected chi connectivity index (χ3v) is 5.14. The van der Waals surface area contributed by atoms with Crippen molar-refractivity contribution >= 4 is 17.7 Å². The van der Waals surface area contributed by atoms with E-state index in [1.54, 1.807) is 18.4 Å². The van der Waals surface area contributed by atoms with Crippen molar-refractivity contribution in [2.75, 3.05) is 40.5 Å². The predicted octanol–water partition coefficient (Wildman–Crippen LogP) is 1.75. The third-order valence-electron chi connectivity index (χ3n) is 5.14. The topological polar surface area (TPSA) is 87.1 Å². The Morgan fingerprint density at radius 2 is 1.96 bits per heavy atom. The van der Waals surface area contributed by atoms with Crippen LogP contribution in [0.5, 0.6) is 0 Å². The number of amides is 1. The summed E-state index contributed by atoms with van der Waals surface area (Å²) in [6.07, 6.45) is 1.74. The van der Waals surface area contributed by atoms with Crippen LogP contribution < -0.4 is 0 Å². The van der Waals surface area contributed by atoms with Gasteiger partial charge in [-0.25, -0.2) is 4.79 Å². The maximum Gasteiger partial charge on any atom is 0.354 e. The van der Waals surface area contributed by atoms with Gasteiger partial charge in [0.1, 0.15) is 12.3 Å². The van der Waals surface area contributed by atoms with Gasteiger partial charge in [0.25, 0.3) is 0 Å². The molecular weight excluding hydrogens is 364 g/mol. The maximum absolute atomic E-state index is 13.1. The molecule has 1 saturated heterocycles. The van der Waals surface area contributed by atoms with Crippen molar-refractivity contribution in [3.63, 3.8) is 0 Å². The average molecular weight is 394 g/mol. The molecule has 1 unspecified atom stereocenters. The molecule has 8 nitrogen and oxygen atoms in total. The second kappa shape index (κ2) is 9.84. The Bertz CT molecular complexity index is 734. The van der Waals surface area contributed by atoms with Crippen molar-refractivity contribution in [1.29, 1.82) is 0 Å². The number of hydrogen-bond acceptors (Lipinski definition) is 6. The van der Waals surface area contributed by atoms with Crippen LogP contribution >= 0.6 is 0 Å². The highest BCUT2D eigenvalue weighted by Crippen LogP contribution is 2.24. The molecule has 1 fully saturated rings. The zero-order valence-electron chi connectivity index (χ0n) is 17.4. The molecule has 0 saturated carbocycles. The van der Waals surface area contributed by atoms with Gasteiger partial charge in [-0.3, -0.25) is 9.59 Å². The highest BCUT2D eigenvalue weighted by atomic mass is 16.5. The van der Waals surface area contributed by atoms with Crippen LogP contribution in [0.25, 0.3) is 0 Å². The Kier molecular flexibility index (Phi) is 7.77. The van der Waals surface area contributed by atoms with Crippen molar-refractivity contribution in [2.24, 2.45) is 0 Å². The van der Waals surface area contributed by atoms with E-state index in [9.17, 15) is 14.4 Å². The number of nitrogens with zero attached hydrogens (tertiary/aromatic N) is 2. The Hall–Kier alpha value is -2.19. The fraction of sp³-hybridized carbons (Fsp3) is 0.650. The SMILES string of the molecule is CCn1c(C)c(C(=O)CN(CC2CCCO2)C(=O)COC)c(C)c1C(=O)OC. The minimum Gasteiger partial charge on any atom is -0.464 e.